The molecule has 0 spiro atoms. The van der Waals surface area contributed by atoms with Gasteiger partial charge in [-0.1, -0.05) is 12.1 Å². The fourth-order valence-corrected chi connectivity index (χ4v) is 2.98. The van der Waals surface area contributed by atoms with E-state index >= 15 is 0 Å². The zero-order chi connectivity index (χ0) is 22.6. The van der Waals surface area contributed by atoms with Crippen LogP contribution in [-0.4, -0.2) is 42.6 Å². The minimum absolute atomic E-state index is 0.0257. The molecule has 0 aliphatic heterocycles. The molecule has 31 heavy (non-hydrogen) atoms. The molecule has 9 heteroatoms. The number of pyridine rings is 1. The number of aromatic nitrogens is 1. The van der Waals surface area contributed by atoms with E-state index in [1.54, 1.807) is 13.0 Å². The second-order valence-electron chi connectivity index (χ2n) is 6.67. The van der Waals surface area contributed by atoms with Gasteiger partial charge >= 0.3 is 12.1 Å². The molecule has 1 unspecified atom stereocenters. The van der Waals surface area contributed by atoms with Crippen molar-refractivity contribution in [3.05, 3.63) is 66.0 Å². The van der Waals surface area contributed by atoms with Crippen LogP contribution in [0.15, 0.2) is 54.9 Å². The van der Waals surface area contributed by atoms with Gasteiger partial charge in [-0.3, -0.25) is 4.98 Å². The average molecular weight is 435 g/mol. The van der Waals surface area contributed by atoms with Crippen molar-refractivity contribution < 1.29 is 37.3 Å². The van der Waals surface area contributed by atoms with Crippen LogP contribution in [0.3, 0.4) is 0 Å². The lowest BCUT2D eigenvalue weighted by atomic mass is 9.92. The third-order valence-electron chi connectivity index (χ3n) is 4.70. The molecule has 164 valence electrons. The maximum absolute atomic E-state index is 13.9. The first kappa shape index (κ1) is 22.4. The fourth-order valence-electron chi connectivity index (χ4n) is 2.98. The van der Waals surface area contributed by atoms with Gasteiger partial charge in [-0.2, -0.15) is 13.2 Å². The van der Waals surface area contributed by atoms with Gasteiger partial charge in [0.1, 0.15) is 6.61 Å². The highest BCUT2D eigenvalue weighted by Gasteiger charge is 2.56. The Labute approximate surface area is 176 Å². The lowest BCUT2D eigenvalue weighted by molar-refractivity contribution is -0.275. The Bertz CT molecular complexity index is 1090. The largest absolute Gasteiger partial charge is 0.493 e. The average Bonchev–Trinajstić information content (AvgIpc) is 2.76. The molecule has 0 amide bonds. The number of nitrogens with zero attached hydrogens (tertiary/aromatic N) is 1. The highest BCUT2D eigenvalue weighted by molar-refractivity contribution is 5.90. The number of esters is 1. The quantitative estimate of drug-likeness (QED) is 0.559. The molecule has 3 aromatic rings. The highest BCUT2D eigenvalue weighted by Crippen LogP contribution is 2.41. The van der Waals surface area contributed by atoms with Crippen molar-refractivity contribution in [1.29, 1.82) is 0 Å². The molecule has 1 N–H and O–H groups in total. The van der Waals surface area contributed by atoms with Gasteiger partial charge in [-0.05, 0) is 48.2 Å². The van der Waals surface area contributed by atoms with E-state index in [0.717, 1.165) is 0 Å². The summed E-state index contributed by atoms with van der Waals surface area (Å²) in [5, 5.41) is 11.8. The summed E-state index contributed by atoms with van der Waals surface area (Å²) in [5.41, 5.74) is -3.52. The van der Waals surface area contributed by atoms with Gasteiger partial charge in [0.2, 0.25) is 5.60 Å². The smallest absolute Gasteiger partial charge is 0.424 e. The third kappa shape index (κ3) is 4.56. The van der Waals surface area contributed by atoms with Crippen LogP contribution in [0.25, 0.3) is 10.8 Å². The van der Waals surface area contributed by atoms with E-state index in [1.807, 2.05) is 0 Å². The normalized spacial score (nSPS) is 13.5. The Hall–Kier alpha value is -3.33. The number of carbonyl (C=O) groups excluding carboxylic acids is 1. The molecule has 0 aliphatic carbocycles. The maximum Gasteiger partial charge on any atom is 0.424 e. The number of ether oxygens (including phenoxy) is 3. The summed E-state index contributed by atoms with van der Waals surface area (Å²) >= 11 is 0. The number of hydrogen-bond donors (Lipinski definition) is 1. The van der Waals surface area contributed by atoms with Crippen LogP contribution in [0.5, 0.6) is 11.5 Å². The summed E-state index contributed by atoms with van der Waals surface area (Å²) in [6.45, 7) is 0.685. The standard InChI is InChI=1S/C22H20F3NO5/c1-3-30-20(27)15-5-7-18(19(11-15)29-2)31-13-21(28,22(23,24)25)17-6-4-14-8-9-26-12-16(14)10-17/h4-12,28H,3,13H2,1-2H3. The van der Waals surface area contributed by atoms with E-state index in [4.69, 9.17) is 14.2 Å². The summed E-state index contributed by atoms with van der Waals surface area (Å²) in [4.78, 5) is 15.8. The molecule has 0 saturated carbocycles. The van der Waals surface area contributed by atoms with Gasteiger partial charge < -0.3 is 19.3 Å². The molecular weight excluding hydrogens is 415 g/mol. The molecule has 0 radical (unpaired) electrons. The van der Waals surface area contributed by atoms with E-state index in [0.29, 0.717) is 10.8 Å². The summed E-state index contributed by atoms with van der Waals surface area (Å²) in [5.74, 6) is -0.651. The molecule has 0 fully saturated rings. The number of carbonyl (C=O) groups is 1. The van der Waals surface area contributed by atoms with Crippen molar-refractivity contribution in [2.45, 2.75) is 18.7 Å². The molecule has 6 nitrogen and oxygen atoms in total. The van der Waals surface area contributed by atoms with Crippen LogP contribution >= 0.6 is 0 Å². The van der Waals surface area contributed by atoms with Crippen molar-refractivity contribution in [2.24, 2.45) is 0 Å². The number of aliphatic hydroxyl groups is 1. The molecular formula is C22H20F3NO5. The first-order valence-corrected chi connectivity index (χ1v) is 9.31. The number of benzene rings is 2. The Morgan fingerprint density at radius 2 is 1.84 bits per heavy atom. The number of fused-ring (bicyclic) bond motifs is 1. The molecule has 0 bridgehead atoms. The van der Waals surface area contributed by atoms with Gasteiger partial charge in [0.15, 0.2) is 11.5 Å². The Morgan fingerprint density at radius 3 is 2.52 bits per heavy atom. The Kier molecular flexibility index (Phi) is 6.35. The van der Waals surface area contributed by atoms with Crippen LogP contribution < -0.4 is 9.47 Å². The number of methoxy groups -OCH3 is 1. The van der Waals surface area contributed by atoms with Gasteiger partial charge in [0, 0.05) is 17.8 Å². The zero-order valence-electron chi connectivity index (χ0n) is 16.8. The number of hydrogen-bond acceptors (Lipinski definition) is 6. The Balaban J connectivity index is 1.92. The summed E-state index contributed by atoms with van der Waals surface area (Å²) < 4.78 is 57.0. The molecule has 1 heterocycles. The molecule has 3 rings (SSSR count). The van der Waals surface area contributed by atoms with Gasteiger partial charge in [-0.25, -0.2) is 4.79 Å². The van der Waals surface area contributed by atoms with Gasteiger partial charge in [-0.15, -0.1) is 0 Å². The molecule has 2 aromatic carbocycles. The van der Waals surface area contributed by atoms with Crippen LogP contribution in [-0.2, 0) is 10.3 Å². The van der Waals surface area contributed by atoms with E-state index < -0.39 is 24.4 Å². The highest BCUT2D eigenvalue weighted by atomic mass is 19.4. The second-order valence-corrected chi connectivity index (χ2v) is 6.67. The monoisotopic (exact) mass is 435 g/mol. The Morgan fingerprint density at radius 1 is 1.06 bits per heavy atom. The summed E-state index contributed by atoms with van der Waals surface area (Å²) in [6.07, 6.45) is -2.10. The van der Waals surface area contributed by atoms with Crippen molar-refractivity contribution >= 4 is 16.7 Å². The molecule has 0 aliphatic rings. The van der Waals surface area contributed by atoms with Gasteiger partial charge in [0.05, 0.1) is 19.3 Å². The first-order valence-electron chi connectivity index (χ1n) is 9.31. The SMILES string of the molecule is CCOC(=O)c1ccc(OCC(O)(c2ccc3ccncc3c2)C(F)(F)F)c(OC)c1. The molecule has 1 atom stereocenters. The van der Waals surface area contributed by atoms with Crippen LogP contribution in [0, 0.1) is 0 Å². The van der Waals surface area contributed by atoms with Crippen LogP contribution in [0.2, 0.25) is 0 Å². The second kappa shape index (κ2) is 8.81. The van der Waals surface area contributed by atoms with E-state index in [1.165, 1.54) is 55.9 Å². The summed E-state index contributed by atoms with van der Waals surface area (Å²) in [6, 6.07) is 9.45. The van der Waals surface area contributed by atoms with Crippen molar-refractivity contribution in [1.82, 2.24) is 4.98 Å². The van der Waals surface area contributed by atoms with Crippen molar-refractivity contribution in [2.75, 3.05) is 20.3 Å². The first-order chi connectivity index (χ1) is 14.7. The number of halogens is 3. The van der Waals surface area contributed by atoms with E-state index in [2.05, 4.69) is 4.98 Å². The lowest BCUT2D eigenvalue weighted by Gasteiger charge is -2.31. The van der Waals surface area contributed by atoms with E-state index in [9.17, 15) is 23.1 Å². The number of alkyl halides is 3. The zero-order valence-corrected chi connectivity index (χ0v) is 16.8. The predicted molar refractivity (Wildman–Crippen MR) is 106 cm³/mol. The lowest BCUT2D eigenvalue weighted by Crippen LogP contribution is -2.47. The van der Waals surface area contributed by atoms with Crippen LogP contribution in [0.1, 0.15) is 22.8 Å². The van der Waals surface area contributed by atoms with Crippen molar-refractivity contribution in [3.8, 4) is 11.5 Å². The molecule has 0 saturated heterocycles. The third-order valence-corrected chi connectivity index (χ3v) is 4.70. The fraction of sp³-hybridized carbons (Fsp3) is 0.273. The van der Waals surface area contributed by atoms with Gasteiger partial charge in [0.25, 0.3) is 0 Å². The topological polar surface area (TPSA) is 77.9 Å². The number of rotatable bonds is 7. The predicted octanol–water partition coefficient (Wildman–Crippen LogP) is 4.25. The summed E-state index contributed by atoms with van der Waals surface area (Å²) in [7, 11) is 1.28. The van der Waals surface area contributed by atoms with Crippen molar-refractivity contribution in [3.63, 3.8) is 0 Å². The molecule has 1 aromatic heterocycles. The minimum atomic E-state index is -5.03. The van der Waals surface area contributed by atoms with Crippen LogP contribution in [0.4, 0.5) is 13.2 Å². The minimum Gasteiger partial charge on any atom is -0.493 e. The van der Waals surface area contributed by atoms with E-state index in [-0.39, 0.29) is 29.2 Å². The maximum atomic E-state index is 13.9.